The summed E-state index contributed by atoms with van der Waals surface area (Å²) >= 11 is 5.71. The highest BCUT2D eigenvalue weighted by Crippen LogP contribution is 2.43. The molecule has 2 rings (SSSR count). The van der Waals surface area contributed by atoms with Crippen LogP contribution in [0.25, 0.3) is 0 Å². The molecule has 7 heteroatoms. The van der Waals surface area contributed by atoms with E-state index >= 15 is 0 Å². The number of halogens is 1. The Morgan fingerprint density at radius 3 is 2.65 bits per heavy atom. The molecule has 5 nitrogen and oxygen atoms in total. The van der Waals surface area contributed by atoms with Crippen molar-refractivity contribution in [2.45, 2.75) is 24.0 Å². The van der Waals surface area contributed by atoms with Crippen LogP contribution in [0.1, 0.15) is 28.8 Å². The van der Waals surface area contributed by atoms with Crippen molar-refractivity contribution in [1.82, 2.24) is 4.72 Å². The molecule has 0 heterocycles. The van der Waals surface area contributed by atoms with Crippen LogP contribution in [0.15, 0.2) is 24.3 Å². The molecule has 2 N–H and O–H groups in total. The number of rotatable bonds is 7. The van der Waals surface area contributed by atoms with Gasteiger partial charge in [0, 0.05) is 12.4 Å². The number of nitrogens with one attached hydrogen (secondary N) is 1. The second-order valence-electron chi connectivity index (χ2n) is 4.97. The fraction of sp³-hybridized carbons (Fsp3) is 0.462. The van der Waals surface area contributed by atoms with E-state index in [1.54, 1.807) is 18.2 Å². The normalized spacial score (nSPS) is 16.9. The number of aromatic carboxylic acids is 1. The molecule has 0 atom stereocenters. The average Bonchev–Trinajstić information content (AvgIpc) is 3.20. The Labute approximate surface area is 123 Å². The molecule has 0 bridgehead atoms. The van der Waals surface area contributed by atoms with Crippen molar-refractivity contribution in [3.63, 3.8) is 0 Å². The molecule has 1 aromatic rings. The summed E-state index contributed by atoms with van der Waals surface area (Å²) in [5, 5.41) is 8.88. The zero-order chi connectivity index (χ0) is 14.8. The number of hydrogen-bond donors (Lipinski definition) is 2. The third kappa shape index (κ3) is 3.13. The maximum atomic E-state index is 12.0. The summed E-state index contributed by atoms with van der Waals surface area (Å²) in [5.74, 6) is -0.886. The molecule has 0 spiro atoms. The maximum absolute atomic E-state index is 12.0. The molecule has 1 saturated carbocycles. The minimum atomic E-state index is -3.39. The number of sulfonamides is 1. The summed E-state index contributed by atoms with van der Waals surface area (Å²) in [6, 6.07) is 6.47. The number of carboxylic acids is 1. The molecule has 20 heavy (non-hydrogen) atoms. The predicted molar refractivity (Wildman–Crippen MR) is 76.7 cm³/mol. The molecular weight excluding hydrogens is 302 g/mol. The van der Waals surface area contributed by atoms with E-state index in [1.807, 2.05) is 0 Å². The van der Waals surface area contributed by atoms with Gasteiger partial charge in [-0.2, -0.15) is 0 Å². The van der Waals surface area contributed by atoms with Crippen LogP contribution in [0.2, 0.25) is 0 Å². The van der Waals surface area contributed by atoms with Crippen molar-refractivity contribution in [2.75, 3.05) is 12.4 Å². The summed E-state index contributed by atoms with van der Waals surface area (Å²) in [7, 11) is -3.39. The van der Waals surface area contributed by atoms with Crippen molar-refractivity contribution in [2.24, 2.45) is 0 Å². The topological polar surface area (TPSA) is 83.5 Å². The third-order valence-electron chi connectivity index (χ3n) is 3.50. The molecule has 0 aliphatic heterocycles. The SMILES string of the molecule is O=C(O)c1cccc(CCNS(=O)(=O)C2(CCl)CC2)c1. The van der Waals surface area contributed by atoms with E-state index in [4.69, 9.17) is 16.7 Å². The summed E-state index contributed by atoms with van der Waals surface area (Å²) < 4.78 is 25.8. The minimum absolute atomic E-state index is 0.108. The number of alkyl halides is 1. The highest BCUT2D eigenvalue weighted by molar-refractivity contribution is 7.91. The summed E-state index contributed by atoms with van der Waals surface area (Å²) in [5.41, 5.74) is 0.980. The van der Waals surface area contributed by atoms with Gasteiger partial charge in [-0.3, -0.25) is 0 Å². The molecule has 0 amide bonds. The van der Waals surface area contributed by atoms with Gasteiger partial charge in [-0.1, -0.05) is 12.1 Å². The summed E-state index contributed by atoms with van der Waals surface area (Å²) in [4.78, 5) is 10.8. The number of hydrogen-bond acceptors (Lipinski definition) is 3. The Morgan fingerprint density at radius 2 is 2.10 bits per heavy atom. The Morgan fingerprint density at radius 1 is 1.40 bits per heavy atom. The second kappa shape index (κ2) is 5.71. The standard InChI is InChI=1S/C13H16ClNO4S/c14-9-13(5-6-13)20(18,19)15-7-4-10-2-1-3-11(8-10)12(16)17/h1-3,8,15H,4-7,9H2,(H,16,17). The van der Waals surface area contributed by atoms with E-state index in [0.29, 0.717) is 19.3 Å². The Kier molecular flexibility index (Phi) is 4.36. The molecular formula is C13H16ClNO4S. The van der Waals surface area contributed by atoms with Crippen molar-refractivity contribution in [3.05, 3.63) is 35.4 Å². The van der Waals surface area contributed by atoms with Gasteiger partial charge in [-0.25, -0.2) is 17.9 Å². The highest BCUT2D eigenvalue weighted by Gasteiger charge is 2.53. The van der Waals surface area contributed by atoms with Crippen molar-refractivity contribution in [3.8, 4) is 0 Å². The summed E-state index contributed by atoms with van der Waals surface area (Å²) in [6.07, 6.45) is 1.64. The average molecular weight is 318 g/mol. The quantitative estimate of drug-likeness (QED) is 0.749. The van der Waals surface area contributed by atoms with Crippen LogP contribution in [0, 0.1) is 0 Å². The van der Waals surface area contributed by atoms with Gasteiger partial charge < -0.3 is 5.11 Å². The number of carbonyl (C=O) groups is 1. The zero-order valence-corrected chi connectivity index (χ0v) is 12.4. The van der Waals surface area contributed by atoms with Gasteiger partial charge in [0.2, 0.25) is 10.0 Å². The smallest absolute Gasteiger partial charge is 0.335 e. The Hall–Kier alpha value is -1.11. The molecule has 1 aliphatic carbocycles. The van der Waals surface area contributed by atoms with E-state index in [9.17, 15) is 13.2 Å². The lowest BCUT2D eigenvalue weighted by Gasteiger charge is -2.14. The van der Waals surface area contributed by atoms with Crippen LogP contribution < -0.4 is 4.72 Å². The predicted octanol–water partition coefficient (Wildman–Crippen LogP) is 1.62. The van der Waals surface area contributed by atoms with E-state index in [2.05, 4.69) is 4.72 Å². The molecule has 0 aromatic heterocycles. The monoisotopic (exact) mass is 317 g/mol. The first kappa shape index (κ1) is 15.3. The van der Waals surface area contributed by atoms with E-state index in [0.717, 1.165) is 5.56 Å². The van der Waals surface area contributed by atoms with Crippen LogP contribution in [0.3, 0.4) is 0 Å². The molecule has 0 unspecified atom stereocenters. The Bertz CT molecular complexity index is 611. The van der Waals surface area contributed by atoms with Crippen LogP contribution >= 0.6 is 11.6 Å². The third-order valence-corrected chi connectivity index (χ3v) is 6.45. The maximum Gasteiger partial charge on any atom is 0.335 e. The van der Waals surface area contributed by atoms with Crippen molar-refractivity contribution in [1.29, 1.82) is 0 Å². The van der Waals surface area contributed by atoms with Gasteiger partial charge in [0.25, 0.3) is 0 Å². The van der Waals surface area contributed by atoms with Crippen LogP contribution in [0.4, 0.5) is 0 Å². The van der Waals surface area contributed by atoms with Gasteiger partial charge in [0.05, 0.1) is 10.3 Å². The first-order valence-corrected chi connectivity index (χ1v) is 8.29. The minimum Gasteiger partial charge on any atom is -0.478 e. The summed E-state index contributed by atoms with van der Waals surface area (Å²) in [6.45, 7) is 0.240. The van der Waals surface area contributed by atoms with E-state index in [-0.39, 0.29) is 18.0 Å². The van der Waals surface area contributed by atoms with Gasteiger partial charge >= 0.3 is 5.97 Å². The molecule has 110 valence electrons. The van der Waals surface area contributed by atoms with Crippen molar-refractivity contribution >= 4 is 27.6 Å². The van der Waals surface area contributed by atoms with Crippen LogP contribution in [-0.2, 0) is 16.4 Å². The lowest BCUT2D eigenvalue weighted by molar-refractivity contribution is 0.0696. The van der Waals surface area contributed by atoms with E-state index in [1.165, 1.54) is 6.07 Å². The molecule has 0 saturated heterocycles. The lowest BCUT2D eigenvalue weighted by Crippen LogP contribution is -2.38. The molecule has 1 fully saturated rings. The molecule has 1 aromatic carbocycles. The fourth-order valence-electron chi connectivity index (χ4n) is 1.96. The number of carboxylic acid groups (broad SMARTS) is 1. The van der Waals surface area contributed by atoms with Gasteiger partial charge in [-0.05, 0) is 37.0 Å². The van der Waals surface area contributed by atoms with Crippen molar-refractivity contribution < 1.29 is 18.3 Å². The van der Waals surface area contributed by atoms with Gasteiger partial charge in [0.1, 0.15) is 0 Å². The second-order valence-corrected chi connectivity index (χ2v) is 7.40. The largest absolute Gasteiger partial charge is 0.478 e. The lowest BCUT2D eigenvalue weighted by atomic mass is 10.1. The van der Waals surface area contributed by atoms with Gasteiger partial charge in [-0.15, -0.1) is 11.6 Å². The van der Waals surface area contributed by atoms with Gasteiger partial charge in [0.15, 0.2) is 0 Å². The van der Waals surface area contributed by atoms with Crippen LogP contribution in [-0.4, -0.2) is 36.7 Å². The fourth-order valence-corrected chi connectivity index (χ4v) is 4.11. The first-order chi connectivity index (χ1) is 9.40. The molecule has 1 aliphatic rings. The highest BCUT2D eigenvalue weighted by atomic mass is 35.5. The first-order valence-electron chi connectivity index (χ1n) is 6.28. The zero-order valence-electron chi connectivity index (χ0n) is 10.8. The number of benzene rings is 1. The Balaban J connectivity index is 1.93. The molecule has 0 radical (unpaired) electrons. The van der Waals surface area contributed by atoms with E-state index < -0.39 is 20.7 Å². The van der Waals surface area contributed by atoms with Crippen LogP contribution in [0.5, 0.6) is 0 Å².